The quantitative estimate of drug-likeness (QED) is 0.406. The predicted octanol–water partition coefficient (Wildman–Crippen LogP) is 6.07. The maximum Gasteiger partial charge on any atom is 0.162 e. The third kappa shape index (κ3) is 2.62. The van der Waals surface area contributed by atoms with Crippen molar-refractivity contribution in [1.29, 1.82) is 0 Å². The number of epoxide rings is 1. The Labute approximate surface area is 188 Å². The van der Waals surface area contributed by atoms with Crippen LogP contribution in [0.15, 0.2) is 23.8 Å². The summed E-state index contributed by atoms with van der Waals surface area (Å²) in [4.78, 5) is 25.4. The van der Waals surface area contributed by atoms with E-state index in [-0.39, 0.29) is 33.6 Å². The monoisotopic (exact) mass is 424 g/mol. The van der Waals surface area contributed by atoms with E-state index in [0.29, 0.717) is 42.4 Å². The molecule has 170 valence electrons. The standard InChI is InChI=1S/C28H40O3/c1-17(2)18(3)7-8-19(4)21-10-14-28-26(21,6)13-11-24-25(5)12-9-20(29)15-22(25)23(30)16-27(24,28)31-28/h7-8,15,17-19,21,24H,9-14,16H2,1-6H3/b8-7+/t18-,19+,21+,24+,25-,26+,27+,28-/m0/s1. The molecule has 2 spiro atoms. The number of hydrogen-bond acceptors (Lipinski definition) is 3. The molecule has 0 N–H and O–H groups in total. The second-order valence-electron chi connectivity index (χ2n) is 12.4. The molecule has 0 aromatic carbocycles. The van der Waals surface area contributed by atoms with Crippen molar-refractivity contribution in [2.75, 3.05) is 0 Å². The van der Waals surface area contributed by atoms with Crippen molar-refractivity contribution in [2.45, 2.75) is 97.7 Å². The van der Waals surface area contributed by atoms with Gasteiger partial charge in [0.15, 0.2) is 11.6 Å². The third-order valence-corrected chi connectivity index (χ3v) is 10.8. The summed E-state index contributed by atoms with van der Waals surface area (Å²) >= 11 is 0. The first-order chi connectivity index (χ1) is 14.5. The van der Waals surface area contributed by atoms with Crippen molar-refractivity contribution in [3.63, 3.8) is 0 Å². The Morgan fingerprint density at radius 1 is 1.03 bits per heavy atom. The predicted molar refractivity (Wildman–Crippen MR) is 122 cm³/mol. The zero-order valence-electron chi connectivity index (χ0n) is 20.3. The normalized spacial score (nSPS) is 48.0. The van der Waals surface area contributed by atoms with Crippen LogP contribution in [0.3, 0.4) is 0 Å². The molecule has 3 saturated carbocycles. The Kier molecular flexibility index (Phi) is 4.64. The van der Waals surface area contributed by atoms with Gasteiger partial charge in [-0.05, 0) is 61.9 Å². The van der Waals surface area contributed by atoms with E-state index in [1.165, 1.54) is 12.8 Å². The van der Waals surface area contributed by atoms with Gasteiger partial charge in [-0.2, -0.15) is 0 Å². The minimum atomic E-state index is -0.285. The van der Waals surface area contributed by atoms with Crippen LogP contribution in [-0.2, 0) is 14.3 Å². The molecule has 1 aliphatic heterocycles. The second kappa shape index (κ2) is 6.65. The van der Waals surface area contributed by atoms with E-state index in [4.69, 9.17) is 4.74 Å². The van der Waals surface area contributed by atoms with Crippen LogP contribution in [0, 0.1) is 40.4 Å². The lowest BCUT2D eigenvalue weighted by atomic mass is 9.46. The van der Waals surface area contributed by atoms with Crippen molar-refractivity contribution in [1.82, 2.24) is 0 Å². The van der Waals surface area contributed by atoms with Gasteiger partial charge in [0.2, 0.25) is 0 Å². The molecule has 5 aliphatic rings. The molecule has 0 unspecified atom stereocenters. The largest absolute Gasteiger partial charge is 0.361 e. The molecule has 31 heavy (non-hydrogen) atoms. The van der Waals surface area contributed by atoms with E-state index in [1.807, 2.05) is 0 Å². The Morgan fingerprint density at radius 2 is 1.77 bits per heavy atom. The van der Waals surface area contributed by atoms with Crippen molar-refractivity contribution in [3.8, 4) is 0 Å². The zero-order valence-corrected chi connectivity index (χ0v) is 20.3. The van der Waals surface area contributed by atoms with Crippen LogP contribution in [0.25, 0.3) is 0 Å². The Morgan fingerprint density at radius 3 is 2.48 bits per heavy atom. The number of hydrogen-bond donors (Lipinski definition) is 0. The molecule has 3 nitrogen and oxygen atoms in total. The maximum atomic E-state index is 13.3. The Balaban J connectivity index is 1.46. The molecule has 0 aromatic heterocycles. The van der Waals surface area contributed by atoms with Gasteiger partial charge >= 0.3 is 0 Å². The minimum absolute atomic E-state index is 0.126. The average molecular weight is 425 g/mol. The van der Waals surface area contributed by atoms with Gasteiger partial charge < -0.3 is 4.74 Å². The van der Waals surface area contributed by atoms with E-state index < -0.39 is 0 Å². The topological polar surface area (TPSA) is 46.7 Å². The highest BCUT2D eigenvalue weighted by Gasteiger charge is 2.86. The first-order valence-electron chi connectivity index (χ1n) is 12.7. The Hall–Kier alpha value is -1.22. The molecule has 0 radical (unpaired) electrons. The van der Waals surface area contributed by atoms with Crippen molar-refractivity contribution >= 4 is 11.6 Å². The number of allylic oxidation sites excluding steroid dienone is 3. The molecule has 0 amide bonds. The van der Waals surface area contributed by atoms with Gasteiger partial charge in [-0.15, -0.1) is 0 Å². The zero-order chi connectivity index (χ0) is 22.4. The summed E-state index contributed by atoms with van der Waals surface area (Å²) in [6.07, 6.45) is 13.0. The van der Waals surface area contributed by atoms with Crippen LogP contribution < -0.4 is 0 Å². The lowest BCUT2D eigenvalue weighted by molar-refractivity contribution is -0.127. The Bertz CT molecular complexity index is 883. The van der Waals surface area contributed by atoms with E-state index >= 15 is 0 Å². The molecule has 0 bridgehead atoms. The SMILES string of the molecule is CC(C)[C@@H](C)/C=C/[C@@H](C)[C@H]1CC[C@@]23O[C@@]24CC(=O)C2=CC(=O)CC[C@]2(C)[C@H]4CC[C@]13C. The molecule has 1 saturated heterocycles. The highest BCUT2D eigenvalue weighted by atomic mass is 16.6. The third-order valence-electron chi connectivity index (χ3n) is 10.8. The summed E-state index contributed by atoms with van der Waals surface area (Å²) in [6, 6.07) is 0. The minimum Gasteiger partial charge on any atom is -0.361 e. The van der Waals surface area contributed by atoms with Crippen LogP contribution in [0.1, 0.15) is 86.5 Å². The number of Topliss-reactive ketones (excluding diaryl/α,β-unsaturated/α-hetero) is 1. The van der Waals surface area contributed by atoms with Crippen LogP contribution in [-0.4, -0.2) is 22.8 Å². The number of ether oxygens (including phenoxy) is 1. The number of ketones is 2. The number of fused-ring (bicyclic) bond motifs is 2. The fourth-order valence-electron chi connectivity index (χ4n) is 8.52. The van der Waals surface area contributed by atoms with Crippen LogP contribution in [0.4, 0.5) is 0 Å². The van der Waals surface area contributed by atoms with Gasteiger partial charge in [0.25, 0.3) is 0 Å². The van der Waals surface area contributed by atoms with Gasteiger partial charge in [-0.1, -0.05) is 53.7 Å². The average Bonchev–Trinajstić information content (AvgIpc) is 3.26. The van der Waals surface area contributed by atoms with E-state index in [2.05, 4.69) is 53.7 Å². The van der Waals surface area contributed by atoms with Gasteiger partial charge in [0, 0.05) is 35.2 Å². The smallest absolute Gasteiger partial charge is 0.162 e. The summed E-state index contributed by atoms with van der Waals surface area (Å²) in [7, 11) is 0. The summed E-state index contributed by atoms with van der Waals surface area (Å²) in [6.45, 7) is 14.0. The van der Waals surface area contributed by atoms with Crippen LogP contribution >= 0.6 is 0 Å². The molecule has 4 fully saturated rings. The molecular formula is C28H40O3. The molecule has 4 aliphatic carbocycles. The summed E-state index contributed by atoms with van der Waals surface area (Å²) in [5, 5.41) is 0. The summed E-state index contributed by atoms with van der Waals surface area (Å²) in [5.74, 6) is 3.07. The fourth-order valence-corrected chi connectivity index (χ4v) is 8.52. The summed E-state index contributed by atoms with van der Waals surface area (Å²) in [5.41, 5.74) is 0.334. The number of rotatable bonds is 4. The van der Waals surface area contributed by atoms with Gasteiger partial charge in [-0.25, -0.2) is 0 Å². The van der Waals surface area contributed by atoms with Gasteiger partial charge in [-0.3, -0.25) is 9.59 Å². The summed E-state index contributed by atoms with van der Waals surface area (Å²) < 4.78 is 6.88. The highest BCUT2D eigenvalue weighted by molar-refractivity contribution is 6.06. The lowest BCUT2D eigenvalue weighted by Crippen LogP contribution is -2.58. The van der Waals surface area contributed by atoms with Crippen LogP contribution in [0.5, 0.6) is 0 Å². The molecular weight excluding hydrogens is 384 g/mol. The van der Waals surface area contributed by atoms with E-state index in [1.54, 1.807) is 6.08 Å². The van der Waals surface area contributed by atoms with Gasteiger partial charge in [0.1, 0.15) is 11.2 Å². The number of carbonyl (C=O) groups excluding carboxylic acids is 2. The molecule has 1 heterocycles. The lowest BCUT2D eigenvalue weighted by Gasteiger charge is -2.54. The first kappa shape index (κ1) is 21.6. The molecule has 0 aromatic rings. The maximum absolute atomic E-state index is 13.3. The van der Waals surface area contributed by atoms with Crippen molar-refractivity contribution in [3.05, 3.63) is 23.8 Å². The van der Waals surface area contributed by atoms with Gasteiger partial charge in [0.05, 0.1) is 0 Å². The molecule has 8 atom stereocenters. The number of carbonyl (C=O) groups is 2. The van der Waals surface area contributed by atoms with Crippen LogP contribution in [0.2, 0.25) is 0 Å². The highest BCUT2D eigenvalue weighted by Crippen LogP contribution is 2.80. The molecule has 5 rings (SSSR count). The fraction of sp³-hybridized carbons (Fsp3) is 0.786. The van der Waals surface area contributed by atoms with E-state index in [9.17, 15) is 9.59 Å². The second-order valence-corrected chi connectivity index (χ2v) is 12.4. The van der Waals surface area contributed by atoms with Crippen molar-refractivity contribution < 1.29 is 14.3 Å². The van der Waals surface area contributed by atoms with Crippen molar-refractivity contribution in [2.24, 2.45) is 40.4 Å². The molecule has 3 heteroatoms. The first-order valence-corrected chi connectivity index (χ1v) is 12.7. The van der Waals surface area contributed by atoms with E-state index in [0.717, 1.165) is 24.8 Å².